The number of benzene rings is 1. The van der Waals surface area contributed by atoms with Crippen LogP contribution in [0.15, 0.2) is 18.2 Å². The molecule has 1 N–H and O–H groups in total. The summed E-state index contributed by atoms with van der Waals surface area (Å²) in [4.78, 5) is 0. The zero-order chi connectivity index (χ0) is 16.1. The van der Waals surface area contributed by atoms with Crippen LogP contribution in [0.3, 0.4) is 0 Å². The highest BCUT2D eigenvalue weighted by atomic mass is 35.5. The van der Waals surface area contributed by atoms with Gasteiger partial charge in [0.05, 0.1) is 13.2 Å². The molecule has 2 fully saturated rings. The van der Waals surface area contributed by atoms with Crippen molar-refractivity contribution in [3.05, 3.63) is 23.8 Å². The van der Waals surface area contributed by atoms with E-state index in [9.17, 15) is 0 Å². The first-order chi connectivity index (χ1) is 11.2. The van der Waals surface area contributed by atoms with Crippen LogP contribution in [0.25, 0.3) is 0 Å². The first-order valence-corrected chi connectivity index (χ1v) is 9.31. The molecule has 136 valence electrons. The lowest BCUT2D eigenvalue weighted by molar-refractivity contribution is 0.200. The van der Waals surface area contributed by atoms with Crippen molar-refractivity contribution in [3.63, 3.8) is 0 Å². The summed E-state index contributed by atoms with van der Waals surface area (Å²) in [6.45, 7) is 3.28. The van der Waals surface area contributed by atoms with Gasteiger partial charge in [-0.3, -0.25) is 0 Å². The van der Waals surface area contributed by atoms with Crippen molar-refractivity contribution in [1.29, 1.82) is 0 Å². The van der Waals surface area contributed by atoms with E-state index in [0.717, 1.165) is 24.0 Å². The molecule has 2 aliphatic rings. The van der Waals surface area contributed by atoms with Gasteiger partial charge in [0, 0.05) is 12.6 Å². The highest BCUT2D eigenvalue weighted by molar-refractivity contribution is 5.85. The van der Waals surface area contributed by atoms with E-state index in [1.807, 2.05) is 0 Å². The molecular weight excluding hydrogens is 322 g/mol. The lowest BCUT2D eigenvalue weighted by atomic mass is 9.87. The number of hydrogen-bond donors (Lipinski definition) is 1. The van der Waals surface area contributed by atoms with E-state index in [2.05, 4.69) is 30.4 Å². The molecule has 0 atom stereocenters. The van der Waals surface area contributed by atoms with Gasteiger partial charge in [-0.05, 0) is 75.0 Å². The van der Waals surface area contributed by atoms with Crippen LogP contribution in [0.1, 0.15) is 63.9 Å². The summed E-state index contributed by atoms with van der Waals surface area (Å²) in [5, 5.41) is 3.71. The average molecular weight is 354 g/mol. The van der Waals surface area contributed by atoms with Crippen molar-refractivity contribution in [2.75, 3.05) is 7.11 Å². The first kappa shape index (κ1) is 19.4. The summed E-state index contributed by atoms with van der Waals surface area (Å²) >= 11 is 0. The second kappa shape index (κ2) is 9.53. The van der Waals surface area contributed by atoms with Crippen LogP contribution in [0.2, 0.25) is 0 Å². The van der Waals surface area contributed by atoms with Crippen LogP contribution in [-0.2, 0) is 6.54 Å². The van der Waals surface area contributed by atoms with E-state index >= 15 is 0 Å². The molecule has 0 heterocycles. The third kappa shape index (κ3) is 5.29. The summed E-state index contributed by atoms with van der Waals surface area (Å²) < 4.78 is 11.7. The van der Waals surface area contributed by atoms with Gasteiger partial charge in [0.2, 0.25) is 0 Å². The molecular formula is C20H32ClNO2. The minimum absolute atomic E-state index is 0. The normalized spacial score (nSPS) is 24.4. The Morgan fingerprint density at radius 1 is 1.00 bits per heavy atom. The zero-order valence-electron chi connectivity index (χ0n) is 15.1. The lowest BCUT2D eigenvalue weighted by Crippen LogP contribution is -2.32. The van der Waals surface area contributed by atoms with Crippen molar-refractivity contribution in [1.82, 2.24) is 5.32 Å². The van der Waals surface area contributed by atoms with Crippen LogP contribution in [0, 0.1) is 5.92 Å². The maximum absolute atomic E-state index is 6.11. The van der Waals surface area contributed by atoms with E-state index in [-0.39, 0.29) is 12.4 Å². The van der Waals surface area contributed by atoms with Gasteiger partial charge in [-0.15, -0.1) is 12.4 Å². The number of ether oxygens (including phenoxy) is 2. The SMILES string of the molecule is COc1cc(CNC2CCC(C)CC2)ccc1OC1CCCC1.Cl. The zero-order valence-corrected chi connectivity index (χ0v) is 15.9. The number of rotatable bonds is 6. The Labute approximate surface area is 152 Å². The fourth-order valence-electron chi connectivity index (χ4n) is 3.83. The molecule has 3 nitrogen and oxygen atoms in total. The molecule has 3 rings (SSSR count). The molecule has 0 bridgehead atoms. The van der Waals surface area contributed by atoms with Crippen molar-refractivity contribution in [3.8, 4) is 11.5 Å². The van der Waals surface area contributed by atoms with Gasteiger partial charge in [0.1, 0.15) is 0 Å². The predicted molar refractivity (Wildman–Crippen MR) is 101 cm³/mol. The molecule has 0 unspecified atom stereocenters. The van der Waals surface area contributed by atoms with Crippen LogP contribution in [0.5, 0.6) is 11.5 Å². The second-order valence-electron chi connectivity index (χ2n) is 7.35. The van der Waals surface area contributed by atoms with Crippen LogP contribution >= 0.6 is 12.4 Å². The molecule has 1 aromatic rings. The molecule has 0 radical (unpaired) electrons. The van der Waals surface area contributed by atoms with E-state index in [4.69, 9.17) is 9.47 Å². The summed E-state index contributed by atoms with van der Waals surface area (Å²) in [6, 6.07) is 7.05. The molecule has 2 saturated carbocycles. The Hall–Kier alpha value is -0.930. The Kier molecular flexibility index (Phi) is 7.70. The van der Waals surface area contributed by atoms with Crippen molar-refractivity contribution >= 4 is 12.4 Å². The Bertz CT molecular complexity index is 494. The smallest absolute Gasteiger partial charge is 0.161 e. The Morgan fingerprint density at radius 2 is 1.71 bits per heavy atom. The molecule has 4 heteroatoms. The fourth-order valence-corrected chi connectivity index (χ4v) is 3.83. The third-order valence-corrected chi connectivity index (χ3v) is 5.43. The number of hydrogen-bond acceptors (Lipinski definition) is 3. The van der Waals surface area contributed by atoms with Crippen molar-refractivity contribution in [2.45, 2.75) is 77.0 Å². The fraction of sp³-hybridized carbons (Fsp3) is 0.700. The molecule has 1 aromatic carbocycles. The third-order valence-electron chi connectivity index (χ3n) is 5.43. The van der Waals surface area contributed by atoms with Gasteiger partial charge in [-0.1, -0.05) is 13.0 Å². The van der Waals surface area contributed by atoms with E-state index in [0.29, 0.717) is 12.1 Å². The molecule has 0 saturated heterocycles. The molecule has 2 aliphatic carbocycles. The average Bonchev–Trinajstić information content (AvgIpc) is 3.08. The summed E-state index contributed by atoms with van der Waals surface area (Å²) in [5.74, 6) is 2.67. The summed E-state index contributed by atoms with van der Waals surface area (Å²) in [7, 11) is 1.73. The maximum Gasteiger partial charge on any atom is 0.161 e. The monoisotopic (exact) mass is 353 g/mol. The minimum Gasteiger partial charge on any atom is -0.493 e. The Morgan fingerprint density at radius 3 is 2.38 bits per heavy atom. The number of halogens is 1. The second-order valence-corrected chi connectivity index (χ2v) is 7.35. The van der Waals surface area contributed by atoms with E-state index in [1.54, 1.807) is 7.11 Å². The van der Waals surface area contributed by atoms with Gasteiger partial charge < -0.3 is 14.8 Å². The highest BCUT2D eigenvalue weighted by Gasteiger charge is 2.19. The van der Waals surface area contributed by atoms with Gasteiger partial charge in [-0.25, -0.2) is 0 Å². The van der Waals surface area contributed by atoms with Crippen LogP contribution in [0.4, 0.5) is 0 Å². The molecule has 0 amide bonds. The van der Waals surface area contributed by atoms with Crippen molar-refractivity contribution in [2.24, 2.45) is 5.92 Å². The van der Waals surface area contributed by atoms with E-state index in [1.165, 1.54) is 56.9 Å². The van der Waals surface area contributed by atoms with Gasteiger partial charge in [-0.2, -0.15) is 0 Å². The summed E-state index contributed by atoms with van der Waals surface area (Å²) in [6.07, 6.45) is 10.6. The van der Waals surface area contributed by atoms with Gasteiger partial charge in [0.25, 0.3) is 0 Å². The van der Waals surface area contributed by atoms with Gasteiger partial charge in [0.15, 0.2) is 11.5 Å². The predicted octanol–water partition coefficient (Wildman–Crippen LogP) is 5.11. The molecule has 0 spiro atoms. The topological polar surface area (TPSA) is 30.5 Å². The molecule has 0 aliphatic heterocycles. The molecule has 24 heavy (non-hydrogen) atoms. The lowest BCUT2D eigenvalue weighted by Gasteiger charge is -2.27. The standard InChI is InChI=1S/C20H31NO2.ClH/c1-15-7-10-17(11-8-15)21-14-16-9-12-19(20(13-16)22-2)23-18-5-3-4-6-18;/h9,12-13,15,17-18,21H,3-8,10-11,14H2,1-2H3;1H. The minimum atomic E-state index is 0. The van der Waals surface area contributed by atoms with Crippen LogP contribution in [-0.4, -0.2) is 19.3 Å². The van der Waals surface area contributed by atoms with Crippen molar-refractivity contribution < 1.29 is 9.47 Å². The van der Waals surface area contributed by atoms with Crippen LogP contribution < -0.4 is 14.8 Å². The first-order valence-electron chi connectivity index (χ1n) is 9.31. The van der Waals surface area contributed by atoms with E-state index < -0.39 is 0 Å². The van der Waals surface area contributed by atoms with Gasteiger partial charge >= 0.3 is 0 Å². The maximum atomic E-state index is 6.11. The molecule has 0 aromatic heterocycles. The number of methoxy groups -OCH3 is 1. The Balaban J connectivity index is 0.00000208. The largest absolute Gasteiger partial charge is 0.493 e. The highest BCUT2D eigenvalue weighted by Crippen LogP contribution is 2.32. The number of nitrogens with one attached hydrogen (secondary N) is 1. The summed E-state index contributed by atoms with van der Waals surface area (Å²) in [5.41, 5.74) is 1.28. The quantitative estimate of drug-likeness (QED) is 0.771.